The minimum absolute atomic E-state index is 0.137. The van der Waals surface area contributed by atoms with Crippen molar-refractivity contribution in [1.29, 1.82) is 0 Å². The van der Waals surface area contributed by atoms with Gasteiger partial charge in [-0.2, -0.15) is 0 Å². The first-order chi connectivity index (χ1) is 4.30. The summed E-state index contributed by atoms with van der Waals surface area (Å²) in [6.45, 7) is 0.578. The summed E-state index contributed by atoms with van der Waals surface area (Å²) in [5.74, 6) is -0.959. The highest BCUT2D eigenvalue weighted by Gasteiger charge is 2.05. The van der Waals surface area contributed by atoms with E-state index in [1.165, 1.54) is 0 Å². The van der Waals surface area contributed by atoms with E-state index in [1.807, 2.05) is 0 Å². The fourth-order valence-corrected chi connectivity index (χ4v) is 0.551. The third kappa shape index (κ3) is 1.32. The highest BCUT2D eigenvalue weighted by atomic mass is 16.4. The second-order valence-corrected chi connectivity index (χ2v) is 1.61. The minimum atomic E-state index is -0.959. The van der Waals surface area contributed by atoms with E-state index < -0.39 is 5.97 Å². The van der Waals surface area contributed by atoms with Gasteiger partial charge in [0.05, 0.1) is 0 Å². The van der Waals surface area contributed by atoms with Gasteiger partial charge in [-0.1, -0.05) is 12.2 Å². The number of hydrogen-bond acceptors (Lipinski definition) is 2. The van der Waals surface area contributed by atoms with Gasteiger partial charge in [0.1, 0.15) is 5.70 Å². The number of aliphatic carboxylic acids is 1. The second kappa shape index (κ2) is 2.35. The SMILES string of the molecule is O=C(O)C1=[C]C=CCN1. The predicted octanol–water partition coefficient (Wildman–Crippen LogP) is -0.0825. The molecule has 9 heavy (non-hydrogen) atoms. The monoisotopic (exact) mass is 124 g/mol. The Morgan fingerprint density at radius 1 is 1.89 bits per heavy atom. The third-order valence-electron chi connectivity index (χ3n) is 0.956. The van der Waals surface area contributed by atoms with Gasteiger partial charge in [-0.3, -0.25) is 0 Å². The number of rotatable bonds is 1. The average Bonchev–Trinajstić information content (AvgIpc) is 1.90. The molecule has 0 unspecified atom stereocenters. The van der Waals surface area contributed by atoms with Crippen molar-refractivity contribution in [2.75, 3.05) is 6.54 Å². The normalized spacial score (nSPS) is 16.2. The lowest BCUT2D eigenvalue weighted by atomic mass is 10.3. The van der Waals surface area contributed by atoms with E-state index in [0.717, 1.165) is 0 Å². The molecule has 0 saturated carbocycles. The zero-order chi connectivity index (χ0) is 6.69. The van der Waals surface area contributed by atoms with Crippen LogP contribution in [0.1, 0.15) is 0 Å². The van der Waals surface area contributed by atoms with Crippen molar-refractivity contribution in [2.24, 2.45) is 0 Å². The van der Waals surface area contributed by atoms with Gasteiger partial charge in [0.2, 0.25) is 0 Å². The fourth-order valence-electron chi connectivity index (χ4n) is 0.551. The van der Waals surface area contributed by atoms with E-state index in [4.69, 9.17) is 5.11 Å². The van der Waals surface area contributed by atoms with Crippen LogP contribution in [0, 0.1) is 6.08 Å². The topological polar surface area (TPSA) is 49.3 Å². The first-order valence-electron chi connectivity index (χ1n) is 2.56. The molecule has 2 N–H and O–H groups in total. The summed E-state index contributed by atoms with van der Waals surface area (Å²) in [6.07, 6.45) is 5.94. The molecule has 0 aliphatic carbocycles. The second-order valence-electron chi connectivity index (χ2n) is 1.61. The third-order valence-corrected chi connectivity index (χ3v) is 0.956. The summed E-state index contributed by atoms with van der Waals surface area (Å²) < 4.78 is 0. The standard InChI is InChI=1S/C6H6NO2/c8-6(9)5-3-1-2-4-7-5/h1-2,7H,4H2,(H,8,9). The maximum absolute atomic E-state index is 10.2. The van der Waals surface area contributed by atoms with E-state index in [-0.39, 0.29) is 5.70 Å². The van der Waals surface area contributed by atoms with Crippen LogP contribution in [0.25, 0.3) is 0 Å². The number of nitrogens with one attached hydrogen (secondary N) is 1. The van der Waals surface area contributed by atoms with Gasteiger partial charge < -0.3 is 10.4 Å². The van der Waals surface area contributed by atoms with Gasteiger partial charge in [0.25, 0.3) is 0 Å². The summed E-state index contributed by atoms with van der Waals surface area (Å²) in [5, 5.41) is 11.0. The molecule has 0 aromatic carbocycles. The van der Waals surface area contributed by atoms with Gasteiger partial charge in [0, 0.05) is 12.6 Å². The maximum Gasteiger partial charge on any atom is 0.352 e. The molecule has 0 aromatic rings. The van der Waals surface area contributed by atoms with Crippen molar-refractivity contribution in [3.8, 4) is 0 Å². The molecule has 1 radical (unpaired) electrons. The summed E-state index contributed by atoms with van der Waals surface area (Å²) in [5.41, 5.74) is 0.137. The Kier molecular flexibility index (Phi) is 1.53. The Hall–Kier alpha value is -1.25. The fraction of sp³-hybridized carbons (Fsp3) is 0.167. The molecular weight excluding hydrogens is 118 g/mol. The van der Waals surface area contributed by atoms with Crippen molar-refractivity contribution < 1.29 is 9.90 Å². The average molecular weight is 124 g/mol. The van der Waals surface area contributed by atoms with Crippen molar-refractivity contribution in [3.05, 3.63) is 23.9 Å². The molecule has 0 spiro atoms. The first-order valence-corrected chi connectivity index (χ1v) is 2.56. The van der Waals surface area contributed by atoms with Crippen LogP contribution in [0.5, 0.6) is 0 Å². The van der Waals surface area contributed by atoms with Crippen LogP contribution in [0.4, 0.5) is 0 Å². The molecule has 47 valence electrons. The molecule has 1 heterocycles. The largest absolute Gasteiger partial charge is 0.477 e. The molecule has 1 rings (SSSR count). The number of dihydropyridines is 1. The molecule has 0 bridgehead atoms. The van der Waals surface area contributed by atoms with Crippen molar-refractivity contribution in [1.82, 2.24) is 5.32 Å². The molecular formula is C6H6NO2. The van der Waals surface area contributed by atoms with E-state index in [9.17, 15) is 4.79 Å². The summed E-state index contributed by atoms with van der Waals surface area (Å²) in [6, 6.07) is 0. The lowest BCUT2D eigenvalue weighted by Gasteiger charge is -2.04. The van der Waals surface area contributed by atoms with Crippen molar-refractivity contribution >= 4 is 5.97 Å². The number of hydrogen-bond donors (Lipinski definition) is 2. The molecule has 0 saturated heterocycles. The molecule has 0 atom stereocenters. The molecule has 1 aliphatic rings. The Bertz CT molecular complexity index is 181. The number of carbonyl (C=O) groups is 1. The van der Waals surface area contributed by atoms with Crippen LogP contribution in [-0.2, 0) is 4.79 Å². The van der Waals surface area contributed by atoms with E-state index in [0.29, 0.717) is 6.54 Å². The van der Waals surface area contributed by atoms with Crippen LogP contribution in [-0.4, -0.2) is 17.6 Å². The summed E-state index contributed by atoms with van der Waals surface area (Å²) in [7, 11) is 0. The Balaban J connectivity index is 2.68. The number of allylic oxidation sites excluding steroid dienone is 2. The molecule has 0 amide bonds. The maximum atomic E-state index is 10.2. The van der Waals surface area contributed by atoms with Gasteiger partial charge >= 0.3 is 5.97 Å². The molecule has 3 heteroatoms. The Morgan fingerprint density at radius 2 is 2.67 bits per heavy atom. The Labute approximate surface area is 52.7 Å². The van der Waals surface area contributed by atoms with Gasteiger partial charge in [-0.05, 0) is 0 Å². The van der Waals surface area contributed by atoms with Crippen LogP contribution < -0.4 is 5.32 Å². The van der Waals surface area contributed by atoms with Crippen LogP contribution in [0.2, 0.25) is 0 Å². The zero-order valence-electron chi connectivity index (χ0n) is 4.72. The van der Waals surface area contributed by atoms with Crippen molar-refractivity contribution in [3.63, 3.8) is 0 Å². The molecule has 0 fully saturated rings. The van der Waals surface area contributed by atoms with Gasteiger partial charge in [-0.25, -0.2) is 4.79 Å². The lowest BCUT2D eigenvalue weighted by Crippen LogP contribution is -2.22. The van der Waals surface area contributed by atoms with Gasteiger partial charge in [0.15, 0.2) is 0 Å². The molecule has 3 nitrogen and oxygen atoms in total. The number of carboxylic acids is 1. The highest BCUT2D eigenvalue weighted by Crippen LogP contribution is 1.93. The van der Waals surface area contributed by atoms with Crippen molar-refractivity contribution in [2.45, 2.75) is 0 Å². The highest BCUT2D eigenvalue weighted by molar-refractivity contribution is 5.85. The van der Waals surface area contributed by atoms with E-state index in [1.54, 1.807) is 12.2 Å². The van der Waals surface area contributed by atoms with Crippen LogP contribution in [0.3, 0.4) is 0 Å². The minimum Gasteiger partial charge on any atom is -0.477 e. The van der Waals surface area contributed by atoms with E-state index in [2.05, 4.69) is 11.4 Å². The summed E-state index contributed by atoms with van der Waals surface area (Å²) in [4.78, 5) is 10.2. The smallest absolute Gasteiger partial charge is 0.352 e. The van der Waals surface area contributed by atoms with Crippen LogP contribution >= 0.6 is 0 Å². The Morgan fingerprint density at radius 3 is 3.00 bits per heavy atom. The molecule has 0 aromatic heterocycles. The van der Waals surface area contributed by atoms with E-state index >= 15 is 0 Å². The summed E-state index contributed by atoms with van der Waals surface area (Å²) >= 11 is 0. The van der Waals surface area contributed by atoms with Crippen LogP contribution in [0.15, 0.2) is 17.8 Å². The number of carboxylic acid groups (broad SMARTS) is 1. The zero-order valence-corrected chi connectivity index (χ0v) is 4.72. The lowest BCUT2D eigenvalue weighted by molar-refractivity contribution is -0.133. The quantitative estimate of drug-likeness (QED) is 0.514. The predicted molar refractivity (Wildman–Crippen MR) is 31.5 cm³/mol. The van der Waals surface area contributed by atoms with Gasteiger partial charge in [-0.15, -0.1) is 0 Å². The molecule has 1 aliphatic heterocycles. The first kappa shape index (κ1) is 5.88.